The largest absolute Gasteiger partial charge is 0.302 e. The second-order valence-electron chi connectivity index (χ2n) is 4.65. The maximum atomic E-state index is 11.0. The van der Waals surface area contributed by atoms with E-state index in [1.165, 1.54) is 17.8 Å². The number of para-hydroxylation sites is 1. The lowest BCUT2D eigenvalue weighted by atomic mass is 10.0. The van der Waals surface area contributed by atoms with E-state index >= 15 is 0 Å². The van der Waals surface area contributed by atoms with Crippen molar-refractivity contribution >= 4 is 17.4 Å². The fraction of sp³-hybridized carbons (Fsp3) is 0.462. The number of hydrogen-bond donors (Lipinski definition) is 1. The fourth-order valence-corrected chi connectivity index (χ4v) is 3.76. The number of nitriles is 1. The molecule has 2 unspecified atom stereocenters. The molecule has 0 heterocycles. The van der Waals surface area contributed by atoms with Crippen molar-refractivity contribution < 1.29 is 4.92 Å². The van der Waals surface area contributed by atoms with Crippen LogP contribution in [0.4, 0.5) is 5.69 Å². The first-order valence-electron chi connectivity index (χ1n) is 6.10. The van der Waals surface area contributed by atoms with E-state index in [4.69, 9.17) is 0 Å². The molecule has 1 N–H and O–H groups in total. The van der Waals surface area contributed by atoms with Gasteiger partial charge in [-0.05, 0) is 32.4 Å². The molecule has 1 aliphatic rings. The molecular weight excluding hydrogens is 262 g/mol. The molecule has 1 saturated carbocycles. The van der Waals surface area contributed by atoms with Crippen LogP contribution in [0.1, 0.15) is 19.3 Å². The highest BCUT2D eigenvalue weighted by Gasteiger charge is 2.39. The van der Waals surface area contributed by atoms with Crippen molar-refractivity contribution in [3.8, 4) is 6.07 Å². The zero-order valence-corrected chi connectivity index (χ0v) is 11.4. The van der Waals surface area contributed by atoms with E-state index in [0.29, 0.717) is 4.90 Å². The summed E-state index contributed by atoms with van der Waals surface area (Å²) < 4.78 is 0. The molecular formula is C13H15N3O2S. The third kappa shape index (κ3) is 2.88. The Morgan fingerprint density at radius 2 is 2.32 bits per heavy atom. The van der Waals surface area contributed by atoms with Crippen LogP contribution in [0.5, 0.6) is 0 Å². The summed E-state index contributed by atoms with van der Waals surface area (Å²) in [5.41, 5.74) is -0.326. The van der Waals surface area contributed by atoms with Gasteiger partial charge >= 0.3 is 0 Å². The molecule has 19 heavy (non-hydrogen) atoms. The summed E-state index contributed by atoms with van der Waals surface area (Å²) in [5.74, 6) is 0. The number of hydrogen-bond acceptors (Lipinski definition) is 5. The lowest BCUT2D eigenvalue weighted by molar-refractivity contribution is -0.387. The molecule has 2 rings (SSSR count). The van der Waals surface area contributed by atoms with Crippen LogP contribution < -0.4 is 5.32 Å². The van der Waals surface area contributed by atoms with E-state index in [0.717, 1.165) is 19.3 Å². The summed E-state index contributed by atoms with van der Waals surface area (Å²) in [5, 5.41) is 23.5. The van der Waals surface area contributed by atoms with Crippen LogP contribution in [-0.2, 0) is 0 Å². The number of benzene rings is 1. The van der Waals surface area contributed by atoms with Crippen LogP contribution in [0.25, 0.3) is 0 Å². The third-order valence-electron chi connectivity index (χ3n) is 3.52. The van der Waals surface area contributed by atoms with Crippen molar-refractivity contribution in [3.63, 3.8) is 0 Å². The van der Waals surface area contributed by atoms with Crippen LogP contribution in [0, 0.1) is 21.4 Å². The van der Waals surface area contributed by atoms with Gasteiger partial charge < -0.3 is 5.32 Å². The number of thioether (sulfide) groups is 1. The zero-order chi connectivity index (χ0) is 13.9. The topological polar surface area (TPSA) is 79.0 Å². The van der Waals surface area contributed by atoms with Crippen molar-refractivity contribution in [1.82, 2.24) is 5.32 Å². The second kappa shape index (κ2) is 5.59. The maximum Gasteiger partial charge on any atom is 0.282 e. The van der Waals surface area contributed by atoms with Gasteiger partial charge in [0.2, 0.25) is 0 Å². The predicted molar refractivity (Wildman–Crippen MR) is 74.0 cm³/mol. The first-order chi connectivity index (χ1) is 9.10. The van der Waals surface area contributed by atoms with Crippen molar-refractivity contribution in [2.75, 3.05) is 7.05 Å². The van der Waals surface area contributed by atoms with Gasteiger partial charge in [0.25, 0.3) is 5.69 Å². The number of nitrogens with one attached hydrogen (secondary N) is 1. The highest BCUT2D eigenvalue weighted by atomic mass is 32.2. The van der Waals surface area contributed by atoms with Gasteiger partial charge in [0.1, 0.15) is 5.54 Å². The molecule has 1 aromatic rings. The number of nitro groups is 1. The predicted octanol–water partition coefficient (Wildman–Crippen LogP) is 2.72. The SMILES string of the molecule is CNC1(C#N)CCC(Sc2ccccc2[N+](=O)[O-])C1. The van der Waals surface area contributed by atoms with E-state index in [-0.39, 0.29) is 15.9 Å². The van der Waals surface area contributed by atoms with E-state index in [2.05, 4.69) is 11.4 Å². The van der Waals surface area contributed by atoms with Crippen molar-refractivity contribution in [1.29, 1.82) is 5.26 Å². The van der Waals surface area contributed by atoms with Gasteiger partial charge in [-0.3, -0.25) is 10.1 Å². The van der Waals surface area contributed by atoms with Crippen LogP contribution >= 0.6 is 11.8 Å². The van der Waals surface area contributed by atoms with Gasteiger partial charge in [-0.2, -0.15) is 5.26 Å². The molecule has 0 bridgehead atoms. The molecule has 0 saturated heterocycles. The third-order valence-corrected chi connectivity index (χ3v) is 4.85. The van der Waals surface area contributed by atoms with Gasteiger partial charge in [0.15, 0.2) is 0 Å². The lowest BCUT2D eigenvalue weighted by Gasteiger charge is -2.19. The molecule has 0 aliphatic heterocycles. The molecule has 0 aromatic heterocycles. The molecule has 0 radical (unpaired) electrons. The minimum Gasteiger partial charge on any atom is -0.302 e. The molecule has 0 spiro atoms. The second-order valence-corrected chi connectivity index (χ2v) is 5.99. The molecule has 100 valence electrons. The van der Waals surface area contributed by atoms with Gasteiger partial charge in [0.05, 0.1) is 15.9 Å². The summed E-state index contributed by atoms with van der Waals surface area (Å²) in [7, 11) is 1.79. The van der Waals surface area contributed by atoms with Crippen molar-refractivity contribution in [2.24, 2.45) is 0 Å². The quantitative estimate of drug-likeness (QED) is 0.676. The molecule has 5 nitrogen and oxygen atoms in total. The Morgan fingerprint density at radius 1 is 1.58 bits per heavy atom. The first kappa shape index (κ1) is 13.8. The van der Waals surface area contributed by atoms with E-state index in [1.54, 1.807) is 25.2 Å². The van der Waals surface area contributed by atoms with Gasteiger partial charge in [-0.15, -0.1) is 11.8 Å². The van der Waals surface area contributed by atoms with E-state index in [9.17, 15) is 15.4 Å². The Hall–Kier alpha value is -1.58. The molecule has 1 fully saturated rings. The Bertz CT molecular complexity index is 529. The maximum absolute atomic E-state index is 11.0. The van der Waals surface area contributed by atoms with Crippen molar-refractivity contribution in [3.05, 3.63) is 34.4 Å². The molecule has 6 heteroatoms. The average molecular weight is 277 g/mol. The summed E-state index contributed by atoms with van der Waals surface area (Å²) in [6, 6.07) is 9.09. The Labute approximate surface area is 116 Å². The van der Waals surface area contributed by atoms with Crippen molar-refractivity contribution in [2.45, 2.75) is 34.9 Å². The summed E-state index contributed by atoms with van der Waals surface area (Å²) in [6.07, 6.45) is 2.40. The van der Waals surface area contributed by atoms with E-state index < -0.39 is 5.54 Å². The molecule has 0 amide bonds. The minimum atomic E-state index is -0.471. The molecule has 2 atom stereocenters. The lowest BCUT2D eigenvalue weighted by Crippen LogP contribution is -2.38. The average Bonchev–Trinajstić information content (AvgIpc) is 2.83. The summed E-state index contributed by atoms with van der Waals surface area (Å²) in [4.78, 5) is 11.3. The Morgan fingerprint density at radius 3 is 2.89 bits per heavy atom. The Kier molecular flexibility index (Phi) is 4.08. The van der Waals surface area contributed by atoms with Gasteiger partial charge in [-0.1, -0.05) is 12.1 Å². The van der Waals surface area contributed by atoms with Gasteiger partial charge in [-0.25, -0.2) is 0 Å². The fourth-order valence-electron chi connectivity index (χ4n) is 2.37. The standard InChI is InChI=1S/C13H15N3O2S/c1-15-13(9-14)7-6-10(8-13)19-12-5-3-2-4-11(12)16(17)18/h2-5,10,15H,6-8H2,1H3. The van der Waals surface area contributed by atoms with Crippen LogP contribution in [0.3, 0.4) is 0 Å². The normalized spacial score (nSPS) is 26.0. The summed E-state index contributed by atoms with van der Waals surface area (Å²) in [6.45, 7) is 0. The number of rotatable bonds is 4. The summed E-state index contributed by atoms with van der Waals surface area (Å²) >= 11 is 1.51. The molecule has 1 aromatic carbocycles. The number of nitro benzene ring substituents is 1. The molecule has 1 aliphatic carbocycles. The highest BCUT2D eigenvalue weighted by molar-refractivity contribution is 8.00. The zero-order valence-electron chi connectivity index (χ0n) is 10.6. The number of nitrogens with zero attached hydrogens (tertiary/aromatic N) is 2. The van der Waals surface area contributed by atoms with Crippen LogP contribution in [0.2, 0.25) is 0 Å². The Balaban J connectivity index is 2.12. The monoisotopic (exact) mass is 277 g/mol. The van der Waals surface area contributed by atoms with Crippen LogP contribution in [-0.4, -0.2) is 22.8 Å². The highest BCUT2D eigenvalue weighted by Crippen LogP contribution is 2.42. The smallest absolute Gasteiger partial charge is 0.282 e. The minimum absolute atomic E-state index is 0.145. The van der Waals surface area contributed by atoms with Gasteiger partial charge in [0, 0.05) is 11.3 Å². The first-order valence-corrected chi connectivity index (χ1v) is 6.98. The van der Waals surface area contributed by atoms with E-state index in [1.807, 2.05) is 0 Å². The van der Waals surface area contributed by atoms with Crippen LogP contribution in [0.15, 0.2) is 29.2 Å².